The third-order valence-electron chi connectivity index (χ3n) is 21.3. The number of carbonyl (C=O) groups is 1. The minimum absolute atomic E-state index is 0.0342. The third-order valence-corrected chi connectivity index (χ3v) is 21.3. The van der Waals surface area contributed by atoms with E-state index in [0.717, 1.165) is 67.4 Å². The van der Waals surface area contributed by atoms with Gasteiger partial charge < -0.3 is 30.6 Å². The molecule has 10 aliphatic carbocycles. The molecule has 0 aromatic heterocycles. The quantitative estimate of drug-likeness (QED) is 0.217. The zero-order valence-corrected chi connectivity index (χ0v) is 35.5. The molecule has 11 rings (SSSR count). The van der Waals surface area contributed by atoms with E-state index in [1.807, 2.05) is 13.0 Å². The molecule has 3 spiro atoms. The van der Waals surface area contributed by atoms with Gasteiger partial charge in [-0.05, 0) is 163 Å². The molecule has 10 aliphatic rings. The van der Waals surface area contributed by atoms with Gasteiger partial charge >= 0.3 is 0 Å². The number of hydrogen-bond donors (Lipinski definition) is 6. The summed E-state index contributed by atoms with van der Waals surface area (Å²) in [7, 11) is 0. The van der Waals surface area contributed by atoms with E-state index >= 15 is 4.79 Å². The Morgan fingerprint density at radius 3 is 2.38 bits per heavy atom. The van der Waals surface area contributed by atoms with Crippen LogP contribution in [0.3, 0.4) is 0 Å². The summed E-state index contributed by atoms with van der Waals surface area (Å²) in [4.78, 5) is 16.2. The maximum absolute atomic E-state index is 16.2. The van der Waals surface area contributed by atoms with Crippen molar-refractivity contribution in [1.82, 2.24) is 0 Å². The molecular formula is C51H68O7. The van der Waals surface area contributed by atoms with Crippen LogP contribution in [0.15, 0.2) is 42.0 Å². The number of fused-ring (bicyclic) bond motifs is 5. The fourth-order valence-corrected chi connectivity index (χ4v) is 19.7. The Balaban J connectivity index is 1.20. The molecule has 1 aromatic carbocycles. The summed E-state index contributed by atoms with van der Waals surface area (Å²) in [6.07, 6.45) is 18.9. The van der Waals surface area contributed by atoms with Crippen LogP contribution in [0, 0.1) is 79.3 Å². The predicted octanol–water partition coefficient (Wildman–Crippen LogP) is 5.66. The van der Waals surface area contributed by atoms with Crippen LogP contribution in [0.25, 0.3) is 12.2 Å². The van der Waals surface area contributed by atoms with Crippen LogP contribution in [0.4, 0.5) is 0 Å². The second-order valence-corrected chi connectivity index (χ2v) is 23.2. The highest BCUT2D eigenvalue weighted by Gasteiger charge is 2.86. The van der Waals surface area contributed by atoms with Crippen LogP contribution in [0.5, 0.6) is 0 Å². The molecule has 7 nitrogen and oxygen atoms in total. The topological polar surface area (TPSA) is 138 Å². The smallest absolute Gasteiger partial charge is 0.159 e. The van der Waals surface area contributed by atoms with E-state index in [0.29, 0.717) is 38.0 Å². The van der Waals surface area contributed by atoms with Gasteiger partial charge in [0.15, 0.2) is 5.78 Å². The maximum atomic E-state index is 16.2. The Bertz CT molecular complexity index is 2150. The molecule has 0 radical (unpaired) electrons. The largest absolute Gasteiger partial charge is 0.394 e. The molecule has 7 heteroatoms. The molecule has 4 bridgehead atoms. The molecule has 58 heavy (non-hydrogen) atoms. The summed E-state index contributed by atoms with van der Waals surface area (Å²) in [5.41, 5.74) is -2.89. The van der Waals surface area contributed by atoms with Crippen molar-refractivity contribution < 1.29 is 35.4 Å². The lowest BCUT2D eigenvalue weighted by Crippen LogP contribution is -2.82. The molecular weight excluding hydrogens is 725 g/mol. The molecule has 314 valence electrons. The van der Waals surface area contributed by atoms with E-state index < -0.39 is 69.6 Å². The average molecular weight is 793 g/mol. The Kier molecular flexibility index (Phi) is 7.93. The van der Waals surface area contributed by atoms with Crippen molar-refractivity contribution in [3.05, 3.63) is 58.0 Å². The standard InChI is InChI=1S/C51H68O7/c1-28(53)29-8-9-30-22-31-12-17-47-18-14-38-45(4,42(57)26-52)40(55)15-19-49(38,34(31)23-32(30)21-29)43(47)37(54)24-35-36-25-44(2,3)27-48-16-6-7-33(48)13-20-50(58)39(46(35,47)5)10-11-41(56)51(36,48)50/h8-9,13,20-24,28,31,33-34,36,38-43,52-53,55-58H,6-7,10-12,14-19,25-27H2,1-5H3/t28-,31+,33-,34-,36-,38+,39-,40+,41-,42-,43+,45+,46+,47-,48+,49-,50+,51+/m1/s1. The normalized spacial score (nSPS) is 53.6. The Hall–Kier alpha value is -2.13. The number of carbonyl (C=O) groups excluding carboxylic acids is 1. The number of benzene rings is 1. The molecule has 0 aliphatic heterocycles. The second-order valence-electron chi connectivity index (χ2n) is 23.2. The highest BCUT2D eigenvalue weighted by Crippen LogP contribution is 2.87. The lowest BCUT2D eigenvalue weighted by Gasteiger charge is -2.81. The predicted molar refractivity (Wildman–Crippen MR) is 222 cm³/mol. The first-order valence-corrected chi connectivity index (χ1v) is 23.3. The second kappa shape index (κ2) is 11.9. The third kappa shape index (κ3) is 4.05. The molecule has 7 saturated carbocycles. The Labute approximate surface area is 344 Å². The van der Waals surface area contributed by atoms with Crippen molar-refractivity contribution in [2.45, 2.75) is 148 Å². The average Bonchev–Trinajstić information content (AvgIpc) is 3.56. The van der Waals surface area contributed by atoms with E-state index in [1.165, 1.54) is 5.57 Å². The summed E-state index contributed by atoms with van der Waals surface area (Å²) in [6.45, 7) is 10.6. The number of aliphatic hydroxyl groups is 6. The Morgan fingerprint density at radius 2 is 1.62 bits per heavy atom. The summed E-state index contributed by atoms with van der Waals surface area (Å²) >= 11 is 0. The van der Waals surface area contributed by atoms with Crippen LogP contribution in [0.2, 0.25) is 0 Å². The molecule has 18 atom stereocenters. The summed E-state index contributed by atoms with van der Waals surface area (Å²) in [5.74, 6) is -0.419. The minimum Gasteiger partial charge on any atom is -0.394 e. The first-order valence-electron chi connectivity index (χ1n) is 23.3. The van der Waals surface area contributed by atoms with Gasteiger partial charge in [0.25, 0.3) is 0 Å². The van der Waals surface area contributed by atoms with Crippen LogP contribution in [0.1, 0.15) is 130 Å². The van der Waals surface area contributed by atoms with Gasteiger partial charge in [-0.2, -0.15) is 0 Å². The van der Waals surface area contributed by atoms with E-state index in [-0.39, 0.29) is 46.2 Å². The van der Waals surface area contributed by atoms with Crippen molar-refractivity contribution in [1.29, 1.82) is 0 Å². The highest BCUT2D eigenvalue weighted by atomic mass is 16.3. The van der Waals surface area contributed by atoms with Crippen molar-refractivity contribution in [2.24, 2.45) is 79.3 Å². The minimum atomic E-state index is -1.22. The maximum Gasteiger partial charge on any atom is 0.159 e. The first kappa shape index (κ1) is 38.8. The monoisotopic (exact) mass is 792 g/mol. The van der Waals surface area contributed by atoms with E-state index in [4.69, 9.17) is 0 Å². The molecule has 6 N–H and O–H groups in total. The number of rotatable bonds is 3. The zero-order chi connectivity index (χ0) is 40.8. The molecule has 7 fully saturated rings. The fraction of sp³-hybridized carbons (Fsp3) is 0.745. The van der Waals surface area contributed by atoms with E-state index in [1.54, 1.807) is 6.92 Å². The number of allylic oxidation sites excluding steroid dienone is 3. The van der Waals surface area contributed by atoms with Gasteiger partial charge in [-0.15, -0.1) is 0 Å². The molecule has 1 aromatic rings. The van der Waals surface area contributed by atoms with E-state index in [9.17, 15) is 30.6 Å². The van der Waals surface area contributed by atoms with Gasteiger partial charge in [0.1, 0.15) is 0 Å². The number of ketones is 1. The SMILES string of the molecule is C[C@@H](O)c1ccc2c(c1)=C[C@@H]1[C@H](C=2)CC[C@@]23CC[C@H]4[C@](C)([C@H](O)CO)[C@@H](O)CC[C@@]14[C@H]2C(=O)C=C1[C@H]2CC(C)(C)C[C@@]45CCC[C@@H]4C=C[C@]4(O)[C@H](CC[C@@H](O)[C@@]254)[C@]13C. The summed E-state index contributed by atoms with van der Waals surface area (Å²) in [5, 5.41) is 74.4. The van der Waals surface area contributed by atoms with Gasteiger partial charge in [-0.3, -0.25) is 4.79 Å². The van der Waals surface area contributed by atoms with Gasteiger partial charge in [-0.1, -0.05) is 76.1 Å². The van der Waals surface area contributed by atoms with Gasteiger partial charge in [0, 0.05) is 28.1 Å². The van der Waals surface area contributed by atoms with Gasteiger partial charge in [0.05, 0.1) is 36.6 Å². The molecule has 0 unspecified atom stereocenters. The zero-order valence-electron chi connectivity index (χ0n) is 35.5. The van der Waals surface area contributed by atoms with Crippen LogP contribution in [-0.4, -0.2) is 66.9 Å². The summed E-state index contributed by atoms with van der Waals surface area (Å²) < 4.78 is 0. The highest BCUT2D eigenvalue weighted by molar-refractivity contribution is 5.96. The number of hydrogen-bond acceptors (Lipinski definition) is 7. The molecule has 0 amide bonds. The van der Waals surface area contributed by atoms with Crippen molar-refractivity contribution >= 4 is 17.9 Å². The number of aliphatic hydroxyl groups excluding tert-OH is 5. The lowest BCUT2D eigenvalue weighted by atomic mass is 9.23. The van der Waals surface area contributed by atoms with Crippen molar-refractivity contribution in [3.63, 3.8) is 0 Å². The van der Waals surface area contributed by atoms with Gasteiger partial charge in [0.2, 0.25) is 0 Å². The van der Waals surface area contributed by atoms with Crippen LogP contribution in [-0.2, 0) is 4.79 Å². The van der Waals surface area contributed by atoms with Gasteiger partial charge in [-0.25, -0.2) is 0 Å². The Morgan fingerprint density at radius 1 is 0.845 bits per heavy atom. The molecule has 0 saturated heterocycles. The lowest BCUT2D eigenvalue weighted by molar-refractivity contribution is -0.339. The van der Waals surface area contributed by atoms with Crippen LogP contribution < -0.4 is 10.4 Å². The van der Waals surface area contributed by atoms with Crippen LogP contribution >= 0.6 is 0 Å². The van der Waals surface area contributed by atoms with E-state index in [2.05, 4.69) is 63.3 Å². The molecule has 0 heterocycles. The first-order chi connectivity index (χ1) is 27.4. The summed E-state index contributed by atoms with van der Waals surface area (Å²) in [6, 6.07) is 6.26. The van der Waals surface area contributed by atoms with Crippen molar-refractivity contribution in [3.8, 4) is 0 Å². The fourth-order valence-electron chi connectivity index (χ4n) is 19.7. The van der Waals surface area contributed by atoms with Crippen molar-refractivity contribution in [2.75, 3.05) is 6.61 Å².